The second-order valence-electron chi connectivity index (χ2n) is 7.01. The zero-order valence-electron chi connectivity index (χ0n) is 14.1. The van der Waals surface area contributed by atoms with E-state index in [1.54, 1.807) is 7.11 Å². The van der Waals surface area contributed by atoms with Gasteiger partial charge in [-0.1, -0.05) is 26.0 Å². The second-order valence-corrected chi connectivity index (χ2v) is 7.01. The van der Waals surface area contributed by atoms with Gasteiger partial charge in [-0.2, -0.15) is 5.26 Å². The molecular formula is C20H20N2O2. The largest absolute Gasteiger partial charge is 0.496 e. The SMILES string of the molecule is COc1cccc2c1C1Nc3cc(C#N)ccc3C(C)(C)C1CO2. The zero-order valence-corrected chi connectivity index (χ0v) is 14.1. The average molecular weight is 320 g/mol. The number of nitrogens with one attached hydrogen (secondary N) is 1. The van der Waals surface area contributed by atoms with Crippen LogP contribution in [0.5, 0.6) is 11.5 Å². The average Bonchev–Trinajstić information content (AvgIpc) is 2.60. The molecule has 2 heterocycles. The van der Waals surface area contributed by atoms with E-state index in [4.69, 9.17) is 9.47 Å². The molecule has 0 saturated heterocycles. The molecule has 2 aromatic rings. The number of anilines is 1. The summed E-state index contributed by atoms with van der Waals surface area (Å²) in [5.41, 5.74) is 3.92. The highest BCUT2D eigenvalue weighted by molar-refractivity contribution is 5.64. The topological polar surface area (TPSA) is 54.3 Å². The lowest BCUT2D eigenvalue weighted by Crippen LogP contribution is -2.46. The molecule has 0 bridgehead atoms. The molecular weight excluding hydrogens is 300 g/mol. The van der Waals surface area contributed by atoms with Crippen molar-refractivity contribution in [3.8, 4) is 17.6 Å². The Kier molecular flexibility index (Phi) is 3.21. The molecule has 4 heteroatoms. The van der Waals surface area contributed by atoms with Crippen molar-refractivity contribution in [2.45, 2.75) is 25.3 Å². The lowest BCUT2D eigenvalue weighted by Gasteiger charge is -2.48. The van der Waals surface area contributed by atoms with Crippen molar-refractivity contribution in [2.24, 2.45) is 5.92 Å². The van der Waals surface area contributed by atoms with Gasteiger partial charge in [-0.15, -0.1) is 0 Å². The van der Waals surface area contributed by atoms with E-state index in [1.807, 2.05) is 30.3 Å². The van der Waals surface area contributed by atoms with Crippen LogP contribution in [0, 0.1) is 17.2 Å². The van der Waals surface area contributed by atoms with Gasteiger partial charge in [-0.25, -0.2) is 0 Å². The number of methoxy groups -OCH3 is 1. The van der Waals surface area contributed by atoms with Gasteiger partial charge < -0.3 is 14.8 Å². The maximum atomic E-state index is 9.22. The molecule has 2 atom stereocenters. The fourth-order valence-corrected chi connectivity index (χ4v) is 4.07. The fourth-order valence-electron chi connectivity index (χ4n) is 4.07. The summed E-state index contributed by atoms with van der Waals surface area (Å²) in [6.07, 6.45) is 0. The maximum absolute atomic E-state index is 9.22. The molecule has 0 spiro atoms. The first-order chi connectivity index (χ1) is 11.6. The molecule has 0 radical (unpaired) electrons. The number of fused-ring (bicyclic) bond motifs is 4. The zero-order chi connectivity index (χ0) is 16.9. The number of ether oxygens (including phenoxy) is 2. The summed E-state index contributed by atoms with van der Waals surface area (Å²) in [6.45, 7) is 5.16. The van der Waals surface area contributed by atoms with Gasteiger partial charge >= 0.3 is 0 Å². The van der Waals surface area contributed by atoms with Gasteiger partial charge in [0.05, 0.1) is 37.0 Å². The van der Waals surface area contributed by atoms with Crippen LogP contribution in [0.4, 0.5) is 5.69 Å². The standard InChI is InChI=1S/C20H20N2O2/c1-20(2)13-8-7-12(10-21)9-15(13)22-19-14(20)11-24-17-6-4-5-16(23-3)18(17)19/h4-9,14,19,22H,11H2,1-3H3. The Morgan fingerprint density at radius 1 is 1.29 bits per heavy atom. The minimum absolute atomic E-state index is 0.0716. The molecule has 0 saturated carbocycles. The van der Waals surface area contributed by atoms with Crippen LogP contribution in [0.3, 0.4) is 0 Å². The molecule has 2 aliphatic rings. The molecule has 0 aromatic heterocycles. The van der Waals surface area contributed by atoms with Crippen LogP contribution in [0.15, 0.2) is 36.4 Å². The summed E-state index contributed by atoms with van der Waals surface area (Å²) in [6, 6.07) is 14.1. The molecule has 0 aliphatic carbocycles. The molecule has 2 aromatic carbocycles. The molecule has 2 unspecified atom stereocenters. The minimum Gasteiger partial charge on any atom is -0.496 e. The predicted molar refractivity (Wildman–Crippen MR) is 92.5 cm³/mol. The lowest BCUT2D eigenvalue weighted by atomic mass is 9.65. The van der Waals surface area contributed by atoms with Crippen molar-refractivity contribution in [1.82, 2.24) is 0 Å². The monoisotopic (exact) mass is 320 g/mol. The molecule has 4 nitrogen and oxygen atoms in total. The summed E-state index contributed by atoms with van der Waals surface area (Å²) in [4.78, 5) is 0. The Morgan fingerprint density at radius 2 is 2.12 bits per heavy atom. The van der Waals surface area contributed by atoms with Crippen LogP contribution < -0.4 is 14.8 Å². The van der Waals surface area contributed by atoms with E-state index in [1.165, 1.54) is 5.56 Å². The van der Waals surface area contributed by atoms with Crippen molar-refractivity contribution in [2.75, 3.05) is 19.0 Å². The van der Waals surface area contributed by atoms with Gasteiger partial charge in [0.25, 0.3) is 0 Å². The van der Waals surface area contributed by atoms with Crippen LogP contribution in [-0.4, -0.2) is 13.7 Å². The molecule has 1 N–H and O–H groups in total. The van der Waals surface area contributed by atoms with E-state index >= 15 is 0 Å². The number of nitrogens with zero attached hydrogens (tertiary/aromatic N) is 1. The third-order valence-electron chi connectivity index (χ3n) is 5.46. The van der Waals surface area contributed by atoms with Gasteiger partial charge in [0, 0.05) is 17.0 Å². The van der Waals surface area contributed by atoms with Crippen LogP contribution in [0.1, 0.15) is 36.6 Å². The van der Waals surface area contributed by atoms with E-state index in [-0.39, 0.29) is 17.4 Å². The lowest BCUT2D eigenvalue weighted by molar-refractivity contribution is 0.133. The summed E-state index contributed by atoms with van der Waals surface area (Å²) in [7, 11) is 1.69. The van der Waals surface area contributed by atoms with E-state index in [2.05, 4.69) is 31.3 Å². The summed E-state index contributed by atoms with van der Waals surface area (Å²) < 4.78 is 11.6. The normalized spacial score (nSPS) is 22.8. The van der Waals surface area contributed by atoms with E-state index in [9.17, 15) is 5.26 Å². The smallest absolute Gasteiger partial charge is 0.128 e. The first-order valence-corrected chi connectivity index (χ1v) is 8.17. The van der Waals surface area contributed by atoms with Gasteiger partial charge in [0.1, 0.15) is 11.5 Å². The van der Waals surface area contributed by atoms with E-state index in [0.29, 0.717) is 12.2 Å². The van der Waals surface area contributed by atoms with E-state index < -0.39 is 0 Å². The van der Waals surface area contributed by atoms with E-state index in [0.717, 1.165) is 22.7 Å². The Labute approximate surface area is 142 Å². The number of hydrogen-bond donors (Lipinski definition) is 1. The summed E-state index contributed by atoms with van der Waals surface area (Å²) in [5.74, 6) is 1.99. The molecule has 0 fully saturated rings. The molecule has 0 amide bonds. The Bertz CT molecular complexity index is 837. The second kappa shape index (κ2) is 5.17. The van der Waals surface area contributed by atoms with Crippen molar-refractivity contribution in [3.63, 3.8) is 0 Å². The highest BCUT2D eigenvalue weighted by atomic mass is 16.5. The first-order valence-electron chi connectivity index (χ1n) is 8.17. The number of nitriles is 1. The quantitative estimate of drug-likeness (QED) is 0.862. The third kappa shape index (κ3) is 1.98. The molecule has 24 heavy (non-hydrogen) atoms. The molecule has 4 rings (SSSR count). The number of hydrogen-bond acceptors (Lipinski definition) is 4. The first kappa shape index (κ1) is 14.9. The van der Waals surface area contributed by atoms with Crippen molar-refractivity contribution in [1.29, 1.82) is 5.26 Å². The van der Waals surface area contributed by atoms with Gasteiger partial charge in [0.2, 0.25) is 0 Å². The van der Waals surface area contributed by atoms with Crippen LogP contribution in [-0.2, 0) is 5.41 Å². The predicted octanol–water partition coefficient (Wildman–Crippen LogP) is 4.02. The summed E-state index contributed by atoms with van der Waals surface area (Å²) >= 11 is 0. The van der Waals surface area contributed by atoms with Crippen LogP contribution in [0.25, 0.3) is 0 Å². The van der Waals surface area contributed by atoms with Gasteiger partial charge in [-0.05, 0) is 29.8 Å². The highest BCUT2D eigenvalue weighted by Gasteiger charge is 2.47. The van der Waals surface area contributed by atoms with Gasteiger partial charge in [-0.3, -0.25) is 0 Å². The maximum Gasteiger partial charge on any atom is 0.128 e. The minimum atomic E-state index is -0.0716. The fraction of sp³-hybridized carbons (Fsp3) is 0.350. The van der Waals surface area contributed by atoms with Crippen molar-refractivity contribution < 1.29 is 9.47 Å². The number of benzene rings is 2. The molecule has 122 valence electrons. The Hall–Kier alpha value is -2.67. The van der Waals surface area contributed by atoms with Crippen molar-refractivity contribution in [3.05, 3.63) is 53.1 Å². The highest BCUT2D eigenvalue weighted by Crippen LogP contribution is 2.53. The van der Waals surface area contributed by atoms with Crippen molar-refractivity contribution >= 4 is 5.69 Å². The Balaban J connectivity index is 1.90. The third-order valence-corrected chi connectivity index (χ3v) is 5.46. The molecule has 2 aliphatic heterocycles. The summed E-state index contributed by atoms with van der Waals surface area (Å²) in [5, 5.41) is 12.9. The van der Waals surface area contributed by atoms with Crippen LogP contribution >= 0.6 is 0 Å². The van der Waals surface area contributed by atoms with Gasteiger partial charge in [0.15, 0.2) is 0 Å². The van der Waals surface area contributed by atoms with Crippen LogP contribution in [0.2, 0.25) is 0 Å². The number of rotatable bonds is 1. The Morgan fingerprint density at radius 3 is 2.88 bits per heavy atom.